The minimum absolute atomic E-state index is 0.153. The summed E-state index contributed by atoms with van der Waals surface area (Å²) < 4.78 is 37.3. The van der Waals surface area contributed by atoms with Crippen molar-refractivity contribution >= 4 is 34.4 Å². The molecule has 1 aliphatic heterocycles. The maximum Gasteiger partial charge on any atom is 0.490 e. The molecule has 2 heterocycles. The van der Waals surface area contributed by atoms with E-state index in [-0.39, 0.29) is 11.9 Å². The normalized spacial score (nSPS) is 15.2. The molecule has 0 saturated carbocycles. The number of carbonyl (C=O) groups is 2. The van der Waals surface area contributed by atoms with Crippen molar-refractivity contribution in [3.63, 3.8) is 0 Å². The van der Waals surface area contributed by atoms with Gasteiger partial charge in [-0.2, -0.15) is 13.2 Å². The minimum Gasteiger partial charge on any atom is -0.475 e. The lowest BCUT2D eigenvalue weighted by molar-refractivity contribution is -0.192. The Morgan fingerprint density at radius 3 is 2.42 bits per heavy atom. The monoisotopic (exact) mass is 392 g/mol. The number of hydrogen-bond acceptors (Lipinski definition) is 4. The van der Waals surface area contributed by atoms with Crippen LogP contribution in [0.4, 0.5) is 13.2 Å². The third-order valence-electron chi connectivity index (χ3n) is 3.62. The van der Waals surface area contributed by atoms with Gasteiger partial charge in [0.2, 0.25) is 0 Å². The molecule has 1 aliphatic rings. The molecule has 3 N–H and O–H groups in total. The summed E-state index contributed by atoms with van der Waals surface area (Å²) in [6.07, 6.45) is -3.17. The molecule has 1 amide bonds. The molecule has 0 unspecified atom stereocenters. The van der Waals surface area contributed by atoms with Gasteiger partial charge in [-0.05, 0) is 50.2 Å². The van der Waals surface area contributed by atoms with Gasteiger partial charge < -0.3 is 20.2 Å². The Labute approximate surface area is 151 Å². The summed E-state index contributed by atoms with van der Waals surface area (Å²) in [6.45, 7) is 1.89. The van der Waals surface area contributed by atoms with Crippen LogP contribution in [0.3, 0.4) is 0 Å². The summed E-state index contributed by atoms with van der Waals surface area (Å²) in [4.78, 5) is 21.0. The molecule has 0 bridgehead atoms. The molecule has 2 aromatic rings. The topological polar surface area (TPSA) is 91.6 Å². The van der Waals surface area contributed by atoms with Gasteiger partial charge in [-0.25, -0.2) is 4.79 Å². The van der Waals surface area contributed by atoms with E-state index in [0.717, 1.165) is 31.3 Å². The van der Waals surface area contributed by atoms with Crippen molar-refractivity contribution in [2.45, 2.75) is 25.1 Å². The third-order valence-corrected chi connectivity index (χ3v) is 3.85. The van der Waals surface area contributed by atoms with Crippen LogP contribution in [0.15, 0.2) is 28.7 Å². The lowest BCUT2D eigenvalue weighted by Crippen LogP contribution is -2.42. The molecule has 0 spiro atoms. The quantitative estimate of drug-likeness (QED) is 0.730. The molecule has 0 aliphatic carbocycles. The second-order valence-electron chi connectivity index (χ2n) is 5.59. The largest absolute Gasteiger partial charge is 0.490 e. The summed E-state index contributed by atoms with van der Waals surface area (Å²) in [5.41, 5.74) is 0.680. The fourth-order valence-electron chi connectivity index (χ4n) is 2.35. The molecule has 1 fully saturated rings. The van der Waals surface area contributed by atoms with E-state index in [4.69, 9.17) is 25.9 Å². The average molecular weight is 393 g/mol. The van der Waals surface area contributed by atoms with Crippen LogP contribution in [0.1, 0.15) is 23.4 Å². The summed E-state index contributed by atoms with van der Waals surface area (Å²) in [5.74, 6) is -2.57. The molecule has 0 atom stereocenters. The van der Waals surface area contributed by atoms with Crippen molar-refractivity contribution in [3.8, 4) is 0 Å². The van der Waals surface area contributed by atoms with Gasteiger partial charge in [0, 0.05) is 16.5 Å². The number of amides is 1. The molecule has 3 rings (SSSR count). The van der Waals surface area contributed by atoms with Crippen LogP contribution in [0, 0.1) is 0 Å². The number of carbonyl (C=O) groups excluding carboxylic acids is 1. The van der Waals surface area contributed by atoms with Gasteiger partial charge in [-0.3, -0.25) is 4.79 Å². The van der Waals surface area contributed by atoms with Crippen molar-refractivity contribution in [3.05, 3.63) is 35.0 Å². The molecule has 0 radical (unpaired) electrons. The first kappa shape index (κ1) is 20.1. The van der Waals surface area contributed by atoms with Crippen LogP contribution >= 0.6 is 11.6 Å². The number of fused-ring (bicyclic) bond motifs is 1. The van der Waals surface area contributed by atoms with Gasteiger partial charge >= 0.3 is 12.1 Å². The predicted molar refractivity (Wildman–Crippen MR) is 88.3 cm³/mol. The highest BCUT2D eigenvalue weighted by Gasteiger charge is 2.38. The van der Waals surface area contributed by atoms with Crippen LogP contribution in [0.25, 0.3) is 11.0 Å². The predicted octanol–water partition coefficient (Wildman–Crippen LogP) is 3.20. The van der Waals surface area contributed by atoms with Crippen molar-refractivity contribution in [2.24, 2.45) is 0 Å². The van der Waals surface area contributed by atoms with Gasteiger partial charge in [0.15, 0.2) is 5.76 Å². The fourth-order valence-corrected chi connectivity index (χ4v) is 2.53. The second kappa shape index (κ2) is 8.41. The molecular formula is C16H16ClF3N2O4. The molecule has 26 heavy (non-hydrogen) atoms. The van der Waals surface area contributed by atoms with E-state index in [1.54, 1.807) is 24.3 Å². The first-order valence-corrected chi connectivity index (χ1v) is 8.05. The minimum atomic E-state index is -5.08. The van der Waals surface area contributed by atoms with Crippen LogP contribution in [0.5, 0.6) is 0 Å². The smallest absolute Gasteiger partial charge is 0.475 e. The number of halogens is 4. The molecule has 10 heteroatoms. The molecular weight excluding hydrogens is 377 g/mol. The first-order chi connectivity index (χ1) is 12.2. The standard InChI is InChI=1S/C14H15ClN2O2.C2HF3O2/c15-10-1-2-12-9(7-10)8-13(19-12)14(18)17-11-3-5-16-6-4-11;3-2(4,5)1(6)7/h1-2,7-8,11,16H,3-6H2,(H,17,18);(H,6,7). The van der Waals surface area contributed by atoms with Crippen molar-refractivity contribution in [1.29, 1.82) is 0 Å². The van der Waals surface area contributed by atoms with Crippen molar-refractivity contribution in [1.82, 2.24) is 10.6 Å². The van der Waals surface area contributed by atoms with Crippen LogP contribution in [0.2, 0.25) is 5.02 Å². The number of piperidine rings is 1. The number of rotatable bonds is 2. The zero-order chi connectivity index (χ0) is 19.3. The summed E-state index contributed by atoms with van der Waals surface area (Å²) in [6, 6.07) is 7.28. The number of nitrogens with one attached hydrogen (secondary N) is 2. The van der Waals surface area contributed by atoms with E-state index in [1.807, 2.05) is 0 Å². The van der Waals surface area contributed by atoms with Gasteiger partial charge in [0.05, 0.1) is 0 Å². The molecule has 1 aromatic heterocycles. The Morgan fingerprint density at radius 1 is 1.23 bits per heavy atom. The Kier molecular flexibility index (Phi) is 6.49. The Hall–Kier alpha value is -2.26. The number of carboxylic acids is 1. The third kappa shape index (κ3) is 5.63. The van der Waals surface area contributed by atoms with Gasteiger partial charge in [0.25, 0.3) is 5.91 Å². The zero-order valence-corrected chi connectivity index (χ0v) is 14.2. The van der Waals surface area contributed by atoms with E-state index in [9.17, 15) is 18.0 Å². The van der Waals surface area contributed by atoms with E-state index in [1.165, 1.54) is 0 Å². The zero-order valence-electron chi connectivity index (χ0n) is 13.4. The highest BCUT2D eigenvalue weighted by molar-refractivity contribution is 6.31. The number of carboxylic acid groups (broad SMARTS) is 1. The number of hydrogen-bond donors (Lipinski definition) is 3. The first-order valence-electron chi connectivity index (χ1n) is 7.67. The second-order valence-corrected chi connectivity index (χ2v) is 6.03. The highest BCUT2D eigenvalue weighted by Crippen LogP contribution is 2.23. The van der Waals surface area contributed by atoms with Crippen LogP contribution < -0.4 is 10.6 Å². The van der Waals surface area contributed by atoms with E-state index < -0.39 is 12.1 Å². The summed E-state index contributed by atoms with van der Waals surface area (Å²) in [5, 5.41) is 14.9. The number of benzene rings is 1. The Bertz CT molecular complexity index is 785. The van der Waals surface area contributed by atoms with Gasteiger partial charge in [0.1, 0.15) is 5.58 Å². The van der Waals surface area contributed by atoms with Crippen molar-refractivity contribution < 1.29 is 32.3 Å². The summed E-state index contributed by atoms with van der Waals surface area (Å²) >= 11 is 5.91. The van der Waals surface area contributed by atoms with Crippen LogP contribution in [-0.2, 0) is 4.79 Å². The molecule has 1 saturated heterocycles. The maximum atomic E-state index is 12.1. The Balaban J connectivity index is 0.000000298. The van der Waals surface area contributed by atoms with Crippen molar-refractivity contribution in [2.75, 3.05) is 13.1 Å². The highest BCUT2D eigenvalue weighted by atomic mass is 35.5. The number of alkyl halides is 3. The number of furan rings is 1. The van der Waals surface area contributed by atoms with Gasteiger partial charge in [-0.15, -0.1) is 0 Å². The van der Waals surface area contributed by atoms with Gasteiger partial charge in [-0.1, -0.05) is 11.6 Å². The Morgan fingerprint density at radius 2 is 1.85 bits per heavy atom. The average Bonchev–Trinajstić information content (AvgIpc) is 2.98. The van der Waals surface area contributed by atoms with E-state index in [0.29, 0.717) is 16.4 Å². The molecule has 6 nitrogen and oxygen atoms in total. The SMILES string of the molecule is O=C(NC1CCNCC1)c1cc2cc(Cl)ccc2o1.O=C(O)C(F)(F)F. The fraction of sp³-hybridized carbons (Fsp3) is 0.375. The number of aliphatic carboxylic acids is 1. The lowest BCUT2D eigenvalue weighted by Gasteiger charge is -2.23. The van der Waals surface area contributed by atoms with E-state index >= 15 is 0 Å². The lowest BCUT2D eigenvalue weighted by atomic mass is 10.1. The summed E-state index contributed by atoms with van der Waals surface area (Å²) in [7, 11) is 0. The molecule has 1 aromatic carbocycles. The van der Waals surface area contributed by atoms with Crippen LogP contribution in [-0.4, -0.2) is 42.3 Å². The molecule has 142 valence electrons. The van der Waals surface area contributed by atoms with E-state index in [2.05, 4.69) is 10.6 Å². The maximum absolute atomic E-state index is 12.1.